The fourth-order valence-electron chi connectivity index (χ4n) is 2.66. The van der Waals surface area contributed by atoms with E-state index in [1.165, 1.54) is 0 Å². The van der Waals surface area contributed by atoms with E-state index >= 15 is 0 Å². The van der Waals surface area contributed by atoms with Gasteiger partial charge in [0.05, 0.1) is 26.3 Å². The molecule has 6 heteroatoms. The summed E-state index contributed by atoms with van der Waals surface area (Å²) in [7, 11) is 0. The minimum absolute atomic E-state index is 0.0515. The fraction of sp³-hybridized carbons (Fsp3) is 0.714. The standard InChI is InChI=1S/C14H21N3O3/c1-2-5-15-11-13(18)17-6-3-4-12(17)14(19)16-7-9-20-10-8-16/h1,12,15H,3-11H2. The average Bonchev–Trinajstić information content (AvgIpc) is 2.97. The summed E-state index contributed by atoms with van der Waals surface area (Å²) in [4.78, 5) is 28.1. The molecule has 0 aliphatic carbocycles. The minimum atomic E-state index is -0.312. The number of carbonyl (C=O) groups excluding carboxylic acids is 2. The maximum Gasteiger partial charge on any atom is 0.245 e. The third-order valence-electron chi connectivity index (χ3n) is 3.68. The number of hydrogen-bond donors (Lipinski definition) is 1. The van der Waals surface area contributed by atoms with Crippen molar-refractivity contribution in [2.45, 2.75) is 18.9 Å². The summed E-state index contributed by atoms with van der Waals surface area (Å²) in [5.74, 6) is 2.43. The van der Waals surface area contributed by atoms with Gasteiger partial charge in [-0.15, -0.1) is 6.42 Å². The molecule has 0 spiro atoms. The number of nitrogens with zero attached hydrogens (tertiary/aromatic N) is 2. The number of carbonyl (C=O) groups is 2. The van der Waals surface area contributed by atoms with E-state index in [0.29, 0.717) is 39.4 Å². The lowest BCUT2D eigenvalue weighted by Crippen LogP contribution is -2.52. The van der Waals surface area contributed by atoms with Crippen molar-refractivity contribution in [2.24, 2.45) is 0 Å². The van der Waals surface area contributed by atoms with Gasteiger partial charge in [0.1, 0.15) is 6.04 Å². The molecule has 1 unspecified atom stereocenters. The summed E-state index contributed by atoms with van der Waals surface area (Å²) >= 11 is 0. The van der Waals surface area contributed by atoms with Crippen molar-refractivity contribution in [2.75, 3.05) is 45.9 Å². The Balaban J connectivity index is 1.90. The number of ether oxygens (including phenoxy) is 1. The van der Waals surface area contributed by atoms with Crippen molar-refractivity contribution in [1.82, 2.24) is 15.1 Å². The molecule has 6 nitrogen and oxygen atoms in total. The number of likely N-dealkylation sites (tertiary alicyclic amines) is 1. The molecule has 0 aromatic rings. The van der Waals surface area contributed by atoms with Crippen LogP contribution in [0.2, 0.25) is 0 Å². The fourth-order valence-corrected chi connectivity index (χ4v) is 2.66. The molecule has 110 valence electrons. The van der Waals surface area contributed by atoms with Gasteiger partial charge in [-0.05, 0) is 12.8 Å². The quantitative estimate of drug-likeness (QED) is 0.533. The van der Waals surface area contributed by atoms with E-state index in [-0.39, 0.29) is 24.4 Å². The van der Waals surface area contributed by atoms with Crippen LogP contribution in [0, 0.1) is 12.3 Å². The summed E-state index contributed by atoms with van der Waals surface area (Å²) in [5, 5.41) is 2.88. The molecule has 2 saturated heterocycles. The second kappa shape index (κ2) is 7.27. The van der Waals surface area contributed by atoms with Crippen molar-refractivity contribution >= 4 is 11.8 Å². The van der Waals surface area contributed by atoms with E-state index < -0.39 is 0 Å². The molecule has 0 aromatic heterocycles. The predicted molar refractivity (Wildman–Crippen MR) is 73.8 cm³/mol. The Labute approximate surface area is 119 Å². The number of morpholine rings is 1. The summed E-state index contributed by atoms with van der Waals surface area (Å²) in [6.45, 7) is 3.60. The number of hydrogen-bond acceptors (Lipinski definition) is 4. The normalized spacial score (nSPS) is 22.6. The van der Waals surface area contributed by atoms with Crippen LogP contribution in [0.4, 0.5) is 0 Å². The Morgan fingerprint density at radius 1 is 1.30 bits per heavy atom. The van der Waals surface area contributed by atoms with E-state index in [0.717, 1.165) is 12.8 Å². The summed E-state index contributed by atoms with van der Waals surface area (Å²) in [5.41, 5.74) is 0. The van der Waals surface area contributed by atoms with E-state index in [1.807, 2.05) is 0 Å². The topological polar surface area (TPSA) is 61.9 Å². The zero-order valence-electron chi connectivity index (χ0n) is 11.6. The molecule has 0 radical (unpaired) electrons. The first-order valence-corrected chi connectivity index (χ1v) is 7.04. The highest BCUT2D eigenvalue weighted by Gasteiger charge is 2.36. The van der Waals surface area contributed by atoms with Gasteiger partial charge in [-0.1, -0.05) is 5.92 Å². The SMILES string of the molecule is C#CCNCC(=O)N1CCCC1C(=O)N1CCOCC1. The molecule has 0 aromatic carbocycles. The lowest BCUT2D eigenvalue weighted by atomic mass is 10.2. The maximum absolute atomic E-state index is 12.5. The van der Waals surface area contributed by atoms with Gasteiger partial charge in [0.25, 0.3) is 0 Å². The molecule has 0 saturated carbocycles. The molecule has 2 amide bonds. The zero-order chi connectivity index (χ0) is 14.4. The first-order chi connectivity index (χ1) is 9.74. The molecule has 1 N–H and O–H groups in total. The average molecular weight is 279 g/mol. The molecule has 20 heavy (non-hydrogen) atoms. The van der Waals surface area contributed by atoms with Gasteiger partial charge in [0.15, 0.2) is 0 Å². The number of rotatable bonds is 4. The molecule has 2 aliphatic heterocycles. The van der Waals surface area contributed by atoms with Gasteiger partial charge in [0.2, 0.25) is 11.8 Å². The highest BCUT2D eigenvalue weighted by molar-refractivity contribution is 5.89. The first-order valence-electron chi connectivity index (χ1n) is 7.04. The van der Waals surface area contributed by atoms with Crippen LogP contribution < -0.4 is 5.32 Å². The van der Waals surface area contributed by atoms with Crippen LogP contribution in [0.25, 0.3) is 0 Å². The number of nitrogens with one attached hydrogen (secondary N) is 1. The predicted octanol–water partition coefficient (Wildman–Crippen LogP) is -0.941. The number of amides is 2. The molecule has 0 bridgehead atoms. The van der Waals surface area contributed by atoms with Crippen molar-refractivity contribution in [3.8, 4) is 12.3 Å². The largest absolute Gasteiger partial charge is 0.378 e. The molecular formula is C14H21N3O3. The minimum Gasteiger partial charge on any atom is -0.378 e. The van der Waals surface area contributed by atoms with E-state index in [2.05, 4.69) is 11.2 Å². The van der Waals surface area contributed by atoms with Gasteiger partial charge >= 0.3 is 0 Å². The van der Waals surface area contributed by atoms with Crippen molar-refractivity contribution in [1.29, 1.82) is 0 Å². The van der Waals surface area contributed by atoms with Crippen LogP contribution in [0.1, 0.15) is 12.8 Å². The Bertz CT molecular complexity index is 399. The van der Waals surface area contributed by atoms with Crippen LogP contribution in [0.5, 0.6) is 0 Å². The molecule has 2 heterocycles. The molecule has 2 fully saturated rings. The van der Waals surface area contributed by atoms with Crippen molar-refractivity contribution < 1.29 is 14.3 Å². The lowest BCUT2D eigenvalue weighted by Gasteiger charge is -2.32. The van der Waals surface area contributed by atoms with Crippen LogP contribution in [0.15, 0.2) is 0 Å². The van der Waals surface area contributed by atoms with Crippen LogP contribution in [0.3, 0.4) is 0 Å². The summed E-state index contributed by atoms with van der Waals surface area (Å²) < 4.78 is 5.25. The van der Waals surface area contributed by atoms with Crippen molar-refractivity contribution in [3.63, 3.8) is 0 Å². The summed E-state index contributed by atoms with van der Waals surface area (Å²) in [6.07, 6.45) is 6.75. The lowest BCUT2D eigenvalue weighted by molar-refractivity contribution is -0.146. The molecule has 2 aliphatic rings. The smallest absolute Gasteiger partial charge is 0.245 e. The molecular weight excluding hydrogens is 258 g/mol. The van der Waals surface area contributed by atoms with Gasteiger partial charge in [0, 0.05) is 19.6 Å². The van der Waals surface area contributed by atoms with Crippen molar-refractivity contribution in [3.05, 3.63) is 0 Å². The third kappa shape index (κ3) is 3.50. The Morgan fingerprint density at radius 3 is 2.75 bits per heavy atom. The monoisotopic (exact) mass is 279 g/mol. The van der Waals surface area contributed by atoms with Gasteiger partial charge in [-0.25, -0.2) is 0 Å². The van der Waals surface area contributed by atoms with Gasteiger partial charge in [-0.3, -0.25) is 14.9 Å². The van der Waals surface area contributed by atoms with E-state index in [9.17, 15) is 9.59 Å². The number of terminal acetylenes is 1. The highest BCUT2D eigenvalue weighted by atomic mass is 16.5. The van der Waals surface area contributed by atoms with E-state index in [4.69, 9.17) is 11.2 Å². The second-order valence-electron chi connectivity index (χ2n) is 4.99. The van der Waals surface area contributed by atoms with E-state index in [1.54, 1.807) is 9.80 Å². The Kier molecular flexibility index (Phi) is 5.39. The molecule has 1 atom stereocenters. The Hall–Kier alpha value is -1.58. The van der Waals surface area contributed by atoms with Crippen LogP contribution >= 0.6 is 0 Å². The maximum atomic E-state index is 12.5. The third-order valence-corrected chi connectivity index (χ3v) is 3.68. The first kappa shape index (κ1) is 14.8. The van der Waals surface area contributed by atoms with Gasteiger partial charge in [-0.2, -0.15) is 0 Å². The van der Waals surface area contributed by atoms with Crippen LogP contribution in [-0.2, 0) is 14.3 Å². The Morgan fingerprint density at radius 2 is 2.05 bits per heavy atom. The zero-order valence-corrected chi connectivity index (χ0v) is 11.6. The van der Waals surface area contributed by atoms with Crippen LogP contribution in [-0.4, -0.2) is 73.6 Å². The summed E-state index contributed by atoms with van der Waals surface area (Å²) in [6, 6.07) is -0.312. The molecule has 2 rings (SSSR count). The highest BCUT2D eigenvalue weighted by Crippen LogP contribution is 2.20. The second-order valence-corrected chi connectivity index (χ2v) is 4.99. The van der Waals surface area contributed by atoms with Gasteiger partial charge < -0.3 is 14.5 Å².